The molecule has 1 atom stereocenters. The van der Waals surface area contributed by atoms with E-state index in [0.29, 0.717) is 5.75 Å². The Kier molecular flexibility index (Phi) is 4.85. The van der Waals surface area contributed by atoms with Crippen LogP contribution in [0.15, 0.2) is 9.85 Å². The lowest BCUT2D eigenvalue weighted by Crippen LogP contribution is -2.42. The largest absolute Gasteiger partial charge is 0.368 e. The molecule has 1 rings (SSSR count). The van der Waals surface area contributed by atoms with Crippen molar-refractivity contribution in [1.29, 1.82) is 0 Å². The zero-order valence-electron chi connectivity index (χ0n) is 7.77. The number of rotatable bonds is 6. The van der Waals surface area contributed by atoms with E-state index >= 15 is 0 Å². The monoisotopic (exact) mass is 232 g/mol. The fourth-order valence-corrected chi connectivity index (χ4v) is 2.45. The maximum Gasteiger partial charge on any atom is 0.235 e. The summed E-state index contributed by atoms with van der Waals surface area (Å²) in [5.74, 6) is 0.266. The fourth-order valence-electron chi connectivity index (χ4n) is 0.868. The first-order chi connectivity index (χ1) is 6.74. The summed E-state index contributed by atoms with van der Waals surface area (Å²) in [4.78, 5) is 11.0. The van der Waals surface area contributed by atoms with Gasteiger partial charge in [0.15, 0.2) is 4.34 Å². The molecule has 1 aromatic heterocycles. The van der Waals surface area contributed by atoms with Crippen molar-refractivity contribution in [2.45, 2.75) is 17.3 Å². The average molecular weight is 232 g/mol. The van der Waals surface area contributed by atoms with Crippen LogP contribution in [0.2, 0.25) is 0 Å². The second-order valence-corrected chi connectivity index (χ2v) is 4.63. The molecule has 1 aromatic rings. The van der Waals surface area contributed by atoms with Gasteiger partial charge in [0.25, 0.3) is 0 Å². The van der Waals surface area contributed by atoms with Crippen LogP contribution in [-0.4, -0.2) is 34.4 Å². The molecule has 0 aliphatic heterocycles. The molecule has 0 aliphatic rings. The molecule has 5 nitrogen and oxygen atoms in total. The Labute approximate surface area is 90.5 Å². The average Bonchev–Trinajstić information content (AvgIpc) is 2.64. The van der Waals surface area contributed by atoms with Crippen molar-refractivity contribution in [3.05, 3.63) is 5.51 Å². The number of nitrogens with zero attached hydrogens (tertiary/aromatic N) is 2. The second kappa shape index (κ2) is 5.94. The molecule has 7 heteroatoms. The summed E-state index contributed by atoms with van der Waals surface area (Å²) >= 11 is 2.94. The number of aromatic nitrogens is 2. The van der Waals surface area contributed by atoms with Crippen LogP contribution in [0.25, 0.3) is 0 Å². The molecule has 14 heavy (non-hydrogen) atoms. The standard InChI is InChI=1S/C7H12N4OS2/c1-2-9-5(6(8)12)3-13-7-11-10-4-14-7/h4-5,9H,2-3H2,1H3,(H2,8,12). The van der Waals surface area contributed by atoms with E-state index in [-0.39, 0.29) is 11.9 Å². The van der Waals surface area contributed by atoms with Crippen molar-refractivity contribution in [3.8, 4) is 0 Å². The van der Waals surface area contributed by atoms with Crippen LogP contribution in [0.1, 0.15) is 6.92 Å². The van der Waals surface area contributed by atoms with Crippen LogP contribution < -0.4 is 11.1 Å². The van der Waals surface area contributed by atoms with Crippen molar-refractivity contribution < 1.29 is 4.79 Å². The van der Waals surface area contributed by atoms with Crippen molar-refractivity contribution >= 4 is 29.0 Å². The molecule has 0 radical (unpaired) electrons. The van der Waals surface area contributed by atoms with Gasteiger partial charge < -0.3 is 11.1 Å². The van der Waals surface area contributed by atoms with Gasteiger partial charge in [-0.3, -0.25) is 4.79 Å². The fraction of sp³-hybridized carbons (Fsp3) is 0.571. The van der Waals surface area contributed by atoms with E-state index in [1.807, 2.05) is 6.92 Å². The Morgan fingerprint density at radius 2 is 2.64 bits per heavy atom. The van der Waals surface area contributed by atoms with Gasteiger partial charge >= 0.3 is 0 Å². The Bertz CT molecular complexity index is 277. The van der Waals surface area contributed by atoms with Crippen molar-refractivity contribution in [2.24, 2.45) is 5.73 Å². The Hall–Kier alpha value is -0.660. The first-order valence-corrected chi connectivity index (χ1v) is 6.02. The Morgan fingerprint density at radius 3 is 3.14 bits per heavy atom. The Balaban J connectivity index is 2.37. The SMILES string of the molecule is CCNC(CSc1nncs1)C(N)=O. The van der Waals surface area contributed by atoms with E-state index in [1.54, 1.807) is 5.51 Å². The van der Waals surface area contributed by atoms with Crippen LogP contribution >= 0.6 is 23.1 Å². The van der Waals surface area contributed by atoms with Crippen LogP contribution in [0.5, 0.6) is 0 Å². The molecule has 0 saturated carbocycles. The molecule has 3 N–H and O–H groups in total. The highest BCUT2D eigenvalue weighted by atomic mass is 32.2. The second-order valence-electron chi connectivity index (χ2n) is 2.53. The molecule has 0 aromatic carbocycles. The lowest BCUT2D eigenvalue weighted by molar-refractivity contribution is -0.119. The molecule has 78 valence electrons. The normalized spacial score (nSPS) is 12.6. The molecular formula is C7H12N4OS2. The summed E-state index contributed by atoms with van der Waals surface area (Å²) in [5, 5.41) is 10.6. The molecule has 1 heterocycles. The maximum absolute atomic E-state index is 11.0. The number of primary amides is 1. The molecule has 0 saturated heterocycles. The zero-order valence-corrected chi connectivity index (χ0v) is 9.40. The van der Waals surface area contributed by atoms with E-state index in [2.05, 4.69) is 15.5 Å². The lowest BCUT2D eigenvalue weighted by Gasteiger charge is -2.11. The predicted octanol–water partition coefficient (Wildman–Crippen LogP) is 0.0936. The van der Waals surface area contributed by atoms with Gasteiger partial charge in [-0.05, 0) is 6.54 Å². The number of hydrogen-bond donors (Lipinski definition) is 2. The van der Waals surface area contributed by atoms with Crippen LogP contribution in [0.4, 0.5) is 0 Å². The summed E-state index contributed by atoms with van der Waals surface area (Å²) in [6, 6.07) is -0.297. The molecule has 1 amide bonds. The van der Waals surface area contributed by atoms with Crippen LogP contribution in [-0.2, 0) is 4.79 Å². The molecule has 0 fully saturated rings. The number of carbonyl (C=O) groups is 1. The third kappa shape index (κ3) is 3.60. The third-order valence-corrected chi connectivity index (χ3v) is 3.46. The van der Waals surface area contributed by atoms with Gasteiger partial charge in [0, 0.05) is 5.75 Å². The molecule has 0 bridgehead atoms. The minimum Gasteiger partial charge on any atom is -0.368 e. The minimum atomic E-state index is -0.330. The molecular weight excluding hydrogens is 220 g/mol. The number of nitrogens with one attached hydrogen (secondary N) is 1. The van der Waals surface area contributed by atoms with Gasteiger partial charge in [-0.15, -0.1) is 10.2 Å². The summed E-state index contributed by atoms with van der Waals surface area (Å²) in [7, 11) is 0. The van der Waals surface area contributed by atoms with Gasteiger partial charge in [-0.25, -0.2) is 0 Å². The summed E-state index contributed by atoms with van der Waals surface area (Å²) in [6.07, 6.45) is 0. The van der Waals surface area contributed by atoms with Crippen LogP contribution in [0.3, 0.4) is 0 Å². The van der Waals surface area contributed by atoms with Crippen molar-refractivity contribution in [3.63, 3.8) is 0 Å². The highest BCUT2D eigenvalue weighted by Gasteiger charge is 2.14. The van der Waals surface area contributed by atoms with Gasteiger partial charge in [-0.2, -0.15) is 0 Å². The van der Waals surface area contributed by atoms with E-state index in [4.69, 9.17) is 5.73 Å². The lowest BCUT2D eigenvalue weighted by atomic mass is 10.3. The smallest absolute Gasteiger partial charge is 0.235 e. The topological polar surface area (TPSA) is 80.9 Å². The number of carbonyl (C=O) groups excluding carboxylic acids is 1. The number of amides is 1. The highest BCUT2D eigenvalue weighted by Crippen LogP contribution is 2.19. The van der Waals surface area contributed by atoms with Gasteiger partial charge in [0.2, 0.25) is 5.91 Å². The Morgan fingerprint density at radius 1 is 1.86 bits per heavy atom. The quantitative estimate of drug-likeness (QED) is 0.680. The highest BCUT2D eigenvalue weighted by molar-refractivity contribution is 8.01. The number of nitrogens with two attached hydrogens (primary N) is 1. The van der Waals surface area contributed by atoms with E-state index in [0.717, 1.165) is 10.9 Å². The maximum atomic E-state index is 11.0. The van der Waals surface area contributed by atoms with Crippen molar-refractivity contribution in [2.75, 3.05) is 12.3 Å². The number of thioether (sulfide) groups is 1. The molecule has 0 spiro atoms. The summed E-state index contributed by atoms with van der Waals surface area (Å²) in [5.41, 5.74) is 6.88. The van der Waals surface area contributed by atoms with Gasteiger partial charge in [0.05, 0.1) is 6.04 Å². The molecule has 1 unspecified atom stereocenters. The number of hydrogen-bond acceptors (Lipinski definition) is 6. The number of likely N-dealkylation sites (N-methyl/N-ethyl adjacent to an activating group) is 1. The minimum absolute atomic E-state index is 0.297. The first kappa shape index (κ1) is 11.4. The van der Waals surface area contributed by atoms with Gasteiger partial charge in [0.1, 0.15) is 5.51 Å². The van der Waals surface area contributed by atoms with E-state index in [1.165, 1.54) is 23.1 Å². The van der Waals surface area contributed by atoms with Gasteiger partial charge in [-0.1, -0.05) is 30.0 Å². The summed E-state index contributed by atoms with van der Waals surface area (Å²) in [6.45, 7) is 2.66. The van der Waals surface area contributed by atoms with Crippen LogP contribution in [0, 0.1) is 0 Å². The third-order valence-electron chi connectivity index (χ3n) is 1.51. The van der Waals surface area contributed by atoms with E-state index in [9.17, 15) is 4.79 Å². The summed E-state index contributed by atoms with van der Waals surface area (Å²) < 4.78 is 0.856. The molecule has 0 aliphatic carbocycles. The predicted molar refractivity (Wildman–Crippen MR) is 57.3 cm³/mol. The van der Waals surface area contributed by atoms with E-state index < -0.39 is 0 Å². The zero-order chi connectivity index (χ0) is 10.4. The first-order valence-electron chi connectivity index (χ1n) is 4.15. The van der Waals surface area contributed by atoms with Crippen molar-refractivity contribution in [1.82, 2.24) is 15.5 Å².